The van der Waals surface area contributed by atoms with Crippen LogP contribution in [0.2, 0.25) is 10.0 Å². The monoisotopic (exact) mass is 2210 g/mol. The van der Waals surface area contributed by atoms with Crippen molar-refractivity contribution >= 4 is 160 Å². The van der Waals surface area contributed by atoms with Crippen molar-refractivity contribution < 1.29 is 117 Å². The number of esters is 4. The first-order valence-corrected chi connectivity index (χ1v) is 50.0. The summed E-state index contributed by atoms with van der Waals surface area (Å²) in [5, 5.41) is 60.0. The molecule has 16 rings (SSSR count). The lowest BCUT2D eigenvalue weighted by atomic mass is 9.94. The van der Waals surface area contributed by atoms with E-state index in [1.165, 1.54) is 98.8 Å². The van der Waals surface area contributed by atoms with Crippen LogP contribution in [0, 0.1) is 23.3 Å². The van der Waals surface area contributed by atoms with E-state index >= 15 is 0 Å². The highest BCUT2D eigenvalue weighted by atomic mass is 79.9. The molecular formula is C92H95Br2Cl2F9N16O16S4. The van der Waals surface area contributed by atoms with E-state index in [1.807, 2.05) is 0 Å². The van der Waals surface area contributed by atoms with E-state index in [0.29, 0.717) is 91.7 Å². The molecule has 8 aliphatic heterocycles. The van der Waals surface area contributed by atoms with Gasteiger partial charge in [-0.2, -0.15) is 0 Å². The van der Waals surface area contributed by atoms with Crippen LogP contribution in [-0.2, 0) is 57.2 Å². The van der Waals surface area contributed by atoms with Crippen molar-refractivity contribution in [1.82, 2.24) is 60.8 Å². The summed E-state index contributed by atoms with van der Waals surface area (Å²) < 4.78 is 160. The lowest BCUT2D eigenvalue weighted by Crippen LogP contribution is -2.51. The van der Waals surface area contributed by atoms with Crippen LogP contribution < -0.4 is 21.3 Å². The van der Waals surface area contributed by atoms with Crippen molar-refractivity contribution in [2.45, 2.75) is 126 Å². The van der Waals surface area contributed by atoms with E-state index in [0.717, 1.165) is 12.1 Å². The second-order valence-corrected chi connectivity index (χ2v) is 38.9. The van der Waals surface area contributed by atoms with Crippen molar-refractivity contribution in [3.63, 3.8) is 0 Å². The quantitative estimate of drug-likeness (QED) is 0.0118. The van der Waals surface area contributed by atoms with Crippen LogP contribution in [-0.4, -0.2) is 286 Å². The fourth-order valence-corrected chi connectivity index (χ4v) is 20.7. The Balaban J connectivity index is 0.000000158. The van der Waals surface area contributed by atoms with Crippen LogP contribution in [0.5, 0.6) is 0 Å². The number of aliphatic imine (C=N–C) groups is 4. The highest BCUT2D eigenvalue weighted by molar-refractivity contribution is 9.10. The maximum Gasteiger partial charge on any atom is 0.338 e. The minimum Gasteiger partial charge on any atom is -0.480 e. The molecule has 4 saturated heterocycles. The molecule has 141 heavy (non-hydrogen) atoms. The molecule has 8 aliphatic rings. The van der Waals surface area contributed by atoms with Gasteiger partial charge < -0.3 is 70.1 Å². The Labute approximate surface area is 844 Å². The summed E-state index contributed by atoms with van der Waals surface area (Å²) in [5.41, 5.74) is 4.13. The van der Waals surface area contributed by atoms with Gasteiger partial charge in [0.1, 0.15) is 79.2 Å². The number of alkyl halides is 5. The number of amidine groups is 4. The number of carbonyl (C=O) groups excluding carboxylic acids is 4. The largest absolute Gasteiger partial charge is 0.480 e. The number of aliphatic hydroxyl groups is 2. The summed E-state index contributed by atoms with van der Waals surface area (Å²) in [4.78, 5) is 117. The van der Waals surface area contributed by atoms with E-state index in [2.05, 4.69) is 78.1 Å². The van der Waals surface area contributed by atoms with Crippen LogP contribution in [0.1, 0.15) is 120 Å². The number of thiazole rings is 4. The van der Waals surface area contributed by atoms with Gasteiger partial charge in [-0.3, -0.25) is 39.6 Å². The van der Waals surface area contributed by atoms with Gasteiger partial charge in [-0.15, -0.1) is 45.3 Å². The molecule has 0 amide bonds. The number of hydrogen-bond donors (Lipinski definition) is 8. The standard InChI is InChI=1S/C24H25BrF2N4O5S.C24H25ClF2N4O5S.C22H23BrF2N4O3S.C22H22ClF3N4O3S/c2*1-2-35-24(34)20-18(11-31-9-14(27)7-15(10-31)36-12-19(32)33)29-22(23-28-5-6-37-23)30-21(20)16-4-3-13(26)8-17(16)25;1-2-32-22(31)18-17(11-29-9-13(25)7-14(30)10-29)27-20(21-26-5-6-33-21)28-19(18)15-4-3-12(24)8-16(15)23;1-2-33-21(32)17-16(10-30-9-13(31)8-22(25,26)11-30)28-19(20-27-5-6-34-20)29-18(17)14-4-3-12(24)7-15(14)23/h2*3-6,8,14-15,21H,2,7,9-12H2,1H3,(H,29,30)(H,32,33);3-6,8,13-14,19,30H,2,7,9-11H2,1H3,(H,27,28);3-7,13,18,31H,2,8-11H2,1H3,(H,28,29)/t2*14?,15?,21-;13?,14?,19-;13?,18-/m0000/s1. The number of aliphatic carboxylic acids is 2. The third kappa shape index (κ3) is 29.1. The third-order valence-corrected chi connectivity index (χ3v) is 27.4. The number of benzene rings is 4. The molecule has 32 nitrogen and oxygen atoms in total. The summed E-state index contributed by atoms with van der Waals surface area (Å²) in [6.45, 7) is 6.81. The number of halogens is 13. The number of aliphatic hydroxyl groups excluding tert-OH is 2. The highest BCUT2D eigenvalue weighted by Gasteiger charge is 2.45. The van der Waals surface area contributed by atoms with Crippen LogP contribution in [0.25, 0.3) is 0 Å². The number of aromatic nitrogens is 4. The molecule has 11 atom stereocenters. The van der Waals surface area contributed by atoms with Crippen molar-refractivity contribution in [1.29, 1.82) is 0 Å². The molecule has 0 bridgehead atoms. The fraction of sp³-hybridized carbons (Fsp3) is 0.413. The zero-order valence-electron chi connectivity index (χ0n) is 75.6. The molecule has 7 unspecified atom stereocenters. The second-order valence-electron chi connectivity index (χ2n) is 32.8. The number of β-amino-alcohol motifs (C(OH)–C–C–N with tert-alkyl or cyclic N) is 2. The van der Waals surface area contributed by atoms with Crippen LogP contribution in [0.4, 0.5) is 39.5 Å². The average Bonchev–Trinajstić information content (AvgIpc) is 1.63. The fourth-order valence-electron chi connectivity index (χ4n) is 16.7. The van der Waals surface area contributed by atoms with E-state index in [-0.39, 0.29) is 156 Å². The topological polar surface area (TPSA) is 401 Å². The van der Waals surface area contributed by atoms with Gasteiger partial charge in [0.2, 0.25) is 0 Å². The summed E-state index contributed by atoms with van der Waals surface area (Å²) in [7, 11) is 0. The number of nitrogens with zero attached hydrogens (tertiary/aromatic N) is 12. The zero-order valence-corrected chi connectivity index (χ0v) is 83.5. The maximum absolute atomic E-state index is 14.6. The van der Waals surface area contributed by atoms with Gasteiger partial charge in [-0.25, -0.2) is 88.2 Å². The van der Waals surface area contributed by atoms with Crippen molar-refractivity contribution in [3.05, 3.63) is 249 Å². The van der Waals surface area contributed by atoms with Crippen LogP contribution in [0.3, 0.4) is 0 Å². The van der Waals surface area contributed by atoms with E-state index in [4.69, 9.17) is 76.8 Å². The minimum absolute atomic E-state index is 0.00255. The molecule has 4 fully saturated rings. The number of carboxylic acids is 2. The first-order valence-electron chi connectivity index (χ1n) is 44.1. The molecule has 8 N–H and O–H groups in total. The molecule has 0 aliphatic carbocycles. The predicted octanol–water partition coefficient (Wildman–Crippen LogP) is 13.7. The van der Waals surface area contributed by atoms with Crippen molar-refractivity contribution in [2.24, 2.45) is 20.0 Å². The van der Waals surface area contributed by atoms with Gasteiger partial charge in [0.25, 0.3) is 5.92 Å². The lowest BCUT2D eigenvalue weighted by molar-refractivity contribution is -0.147. The van der Waals surface area contributed by atoms with Gasteiger partial charge in [0, 0.05) is 197 Å². The molecule has 0 radical (unpaired) electrons. The summed E-state index contributed by atoms with van der Waals surface area (Å²) in [6, 6.07) is 12.3. The first kappa shape index (κ1) is 108. The SMILES string of the molecule is CCOC(=O)C1=C(CN2CC(F)CC(OCC(=O)O)C2)NC(c2nccs2)=N[C@H]1c1ccc(F)cc1Br.CCOC(=O)C1=C(CN2CC(F)CC(OCC(=O)O)C2)NC(c2nccs2)=N[C@H]1c1ccc(F)cc1Cl.CCOC(=O)C1=C(CN2CC(O)CC(F)(F)C2)NC(c2nccs2)=N[C@H]1c1ccc(F)cc1Cl.CCOC(=O)C1=C(CN2CC(O)CC(F)C2)NC(c2nccs2)=N[C@H]1c1ccc(F)cc1Br. The van der Waals surface area contributed by atoms with E-state index in [1.54, 1.807) is 101 Å². The molecule has 8 aromatic rings. The maximum atomic E-state index is 14.6. The van der Waals surface area contributed by atoms with Gasteiger partial charge in [0.15, 0.2) is 43.4 Å². The van der Waals surface area contributed by atoms with Crippen molar-refractivity contribution in [2.75, 3.05) is 118 Å². The Bertz CT molecular complexity index is 5870. The Kier molecular flexibility index (Phi) is 38.5. The number of ether oxygens (including phenoxy) is 6. The van der Waals surface area contributed by atoms with E-state index < -0.39 is 158 Å². The average molecular weight is 2210 g/mol. The van der Waals surface area contributed by atoms with Crippen LogP contribution in [0.15, 0.2) is 193 Å². The molecule has 4 aromatic carbocycles. The normalized spacial score (nSPS) is 22.8. The minimum atomic E-state index is -3.08. The van der Waals surface area contributed by atoms with E-state index in [9.17, 15) is 78.5 Å². The van der Waals surface area contributed by atoms with Crippen molar-refractivity contribution in [3.8, 4) is 0 Å². The third-order valence-electron chi connectivity index (χ3n) is 22.3. The number of rotatable bonds is 30. The molecule has 0 saturated carbocycles. The Morgan fingerprint density at radius 1 is 0.426 bits per heavy atom. The Morgan fingerprint density at radius 2 is 0.716 bits per heavy atom. The molecule has 4 aromatic heterocycles. The number of nitrogens with one attached hydrogen (secondary N) is 4. The molecule has 12 heterocycles. The van der Waals surface area contributed by atoms with Gasteiger partial charge >= 0.3 is 35.8 Å². The molecular weight excluding hydrogens is 2120 g/mol. The predicted molar refractivity (Wildman–Crippen MR) is 514 cm³/mol. The van der Waals surface area contributed by atoms with Crippen LogP contribution >= 0.6 is 100 Å². The summed E-state index contributed by atoms with van der Waals surface area (Å²) in [5.74, 6) is -8.33. The number of piperidine rings is 4. The summed E-state index contributed by atoms with van der Waals surface area (Å²) >= 11 is 24.8. The molecule has 0 spiro atoms. The van der Waals surface area contributed by atoms with Gasteiger partial charge in [0.05, 0.1) is 79.7 Å². The first-order chi connectivity index (χ1) is 67.5. The second kappa shape index (κ2) is 50.2. The molecule has 49 heteroatoms. The number of carboxylic acid groups (broad SMARTS) is 2. The smallest absolute Gasteiger partial charge is 0.338 e. The van der Waals surface area contributed by atoms with Gasteiger partial charge in [-0.1, -0.05) is 79.3 Å². The molecule has 754 valence electrons. The summed E-state index contributed by atoms with van der Waals surface area (Å²) in [6.07, 6.45) is -0.852. The number of hydrogen-bond acceptors (Lipinski definition) is 34. The number of carbonyl (C=O) groups is 6. The lowest BCUT2D eigenvalue weighted by Gasteiger charge is -2.37. The van der Waals surface area contributed by atoms with Gasteiger partial charge in [-0.05, 0) is 87.4 Å². The Morgan fingerprint density at radius 3 is 1.00 bits per heavy atom. The number of likely N-dealkylation sites (tertiary alicyclic amines) is 4. The Hall–Kier alpha value is -10.4. The highest BCUT2D eigenvalue weighted by Crippen LogP contribution is 2.44. The zero-order chi connectivity index (χ0) is 101.